The zero-order valence-corrected chi connectivity index (χ0v) is 24.7. The Kier molecular flexibility index (Phi) is 8.17. The van der Waals surface area contributed by atoms with Gasteiger partial charge in [-0.3, -0.25) is 4.79 Å². The fraction of sp³-hybridized carbons (Fsp3) is 0.321. The van der Waals surface area contributed by atoms with Crippen LogP contribution in [-0.4, -0.2) is 29.2 Å². The van der Waals surface area contributed by atoms with Gasteiger partial charge in [0.25, 0.3) is 8.32 Å². The van der Waals surface area contributed by atoms with Crippen LogP contribution in [0.15, 0.2) is 92.0 Å². The van der Waals surface area contributed by atoms with Crippen LogP contribution in [-0.2, 0) is 26.1 Å². The van der Waals surface area contributed by atoms with Gasteiger partial charge in [0.1, 0.15) is 0 Å². The first-order valence-corrected chi connectivity index (χ1v) is 17.8. The second-order valence-electron chi connectivity index (χ2n) is 10.5. The molecule has 0 bridgehead atoms. The third-order valence-electron chi connectivity index (χ3n) is 6.96. The van der Waals surface area contributed by atoms with Crippen molar-refractivity contribution in [2.75, 3.05) is 0 Å². The van der Waals surface area contributed by atoms with Crippen LogP contribution in [0.1, 0.15) is 33.0 Å². The number of sulfone groups is 2. The summed E-state index contributed by atoms with van der Waals surface area (Å²) in [7, 11) is -12.0. The van der Waals surface area contributed by atoms with E-state index < -0.39 is 50.3 Å². The van der Waals surface area contributed by atoms with E-state index in [1.807, 2.05) is 33.9 Å². The minimum Gasteiger partial charge on any atom is -0.539 e. The van der Waals surface area contributed by atoms with E-state index in [1.54, 1.807) is 12.1 Å². The highest BCUT2D eigenvalue weighted by Gasteiger charge is 2.57. The molecule has 10 heteroatoms. The lowest BCUT2D eigenvalue weighted by molar-refractivity contribution is 0.410. The van der Waals surface area contributed by atoms with Crippen LogP contribution < -0.4 is 9.85 Å². The predicted octanol–water partition coefficient (Wildman–Crippen LogP) is 5.23. The van der Waals surface area contributed by atoms with E-state index in [9.17, 15) is 21.6 Å². The molecule has 0 unspecified atom stereocenters. The number of rotatable bonds is 9. The Labute approximate surface area is 225 Å². The van der Waals surface area contributed by atoms with E-state index in [0.717, 1.165) is 12.3 Å². The molecule has 0 fully saturated rings. The summed E-state index contributed by atoms with van der Waals surface area (Å²) in [6, 6.07) is 15.6. The van der Waals surface area contributed by atoms with Gasteiger partial charge in [-0.1, -0.05) is 57.2 Å². The van der Waals surface area contributed by atoms with Gasteiger partial charge in [0, 0.05) is 18.9 Å². The molecule has 0 spiro atoms. The van der Waals surface area contributed by atoms with E-state index in [1.165, 1.54) is 48.5 Å². The van der Waals surface area contributed by atoms with Crippen molar-refractivity contribution in [2.24, 2.45) is 0 Å². The molecule has 7 nitrogen and oxygen atoms in total. The molecule has 3 aromatic rings. The van der Waals surface area contributed by atoms with Crippen molar-refractivity contribution in [3.05, 3.63) is 89.0 Å². The third-order valence-corrected chi connectivity index (χ3v) is 16.9. The quantitative estimate of drug-likeness (QED) is 0.255. The van der Waals surface area contributed by atoms with Crippen LogP contribution in [0.3, 0.4) is 0 Å². The smallest absolute Gasteiger partial charge is 0.250 e. The summed E-state index contributed by atoms with van der Waals surface area (Å²) in [6.45, 7) is 9.77. The second-order valence-corrected chi connectivity index (χ2v) is 20.0. The highest BCUT2D eigenvalue weighted by atomic mass is 32.3. The number of hydrogen-bond acceptors (Lipinski definition) is 7. The molecule has 3 rings (SSSR count). The Morgan fingerprint density at radius 1 is 0.868 bits per heavy atom. The summed E-state index contributed by atoms with van der Waals surface area (Å²) in [4.78, 5) is 12.6. The molecule has 38 heavy (non-hydrogen) atoms. The summed E-state index contributed by atoms with van der Waals surface area (Å²) in [5.74, 6) is 1.88. The molecule has 202 valence electrons. The average Bonchev–Trinajstić information content (AvgIpc) is 2.86. The van der Waals surface area contributed by atoms with E-state index >= 15 is 0 Å². The zero-order valence-electron chi connectivity index (χ0n) is 22.1. The fourth-order valence-electron chi connectivity index (χ4n) is 3.70. The molecule has 1 heterocycles. The van der Waals surface area contributed by atoms with Gasteiger partial charge in [-0.25, -0.2) is 16.8 Å². The van der Waals surface area contributed by atoms with Gasteiger partial charge < -0.3 is 8.84 Å². The Balaban J connectivity index is 2.38. The summed E-state index contributed by atoms with van der Waals surface area (Å²) >= 11 is 0. The van der Waals surface area contributed by atoms with E-state index in [2.05, 4.69) is 5.92 Å². The van der Waals surface area contributed by atoms with Gasteiger partial charge in [0.15, 0.2) is 35.3 Å². The maximum Gasteiger partial charge on any atom is 0.250 e. The molecule has 0 aliphatic rings. The lowest BCUT2D eigenvalue weighted by atomic mass is 10.1. The van der Waals surface area contributed by atoms with Crippen LogP contribution in [0.2, 0.25) is 18.1 Å². The third kappa shape index (κ3) is 5.23. The Hall–Kier alpha value is -3.13. The van der Waals surface area contributed by atoms with Crippen LogP contribution in [0.4, 0.5) is 0 Å². The van der Waals surface area contributed by atoms with Crippen molar-refractivity contribution in [3.8, 4) is 18.1 Å². The van der Waals surface area contributed by atoms with E-state index in [-0.39, 0.29) is 26.3 Å². The average molecular weight is 573 g/mol. The molecular weight excluding hydrogens is 541 g/mol. The van der Waals surface area contributed by atoms with E-state index in [0.29, 0.717) is 0 Å². The first-order chi connectivity index (χ1) is 17.6. The number of hydrogen-bond donors (Lipinski definition) is 0. The molecule has 0 saturated heterocycles. The lowest BCUT2D eigenvalue weighted by Crippen LogP contribution is -2.49. The molecule has 2 aromatic carbocycles. The first-order valence-electron chi connectivity index (χ1n) is 11.9. The minimum absolute atomic E-state index is 0.198. The van der Waals surface area contributed by atoms with Gasteiger partial charge in [0.2, 0.25) is 5.43 Å². The fourth-order valence-corrected chi connectivity index (χ4v) is 9.54. The van der Waals surface area contributed by atoms with Gasteiger partial charge in [-0.15, -0.1) is 12.3 Å². The molecule has 0 atom stereocenters. The highest BCUT2D eigenvalue weighted by Crippen LogP contribution is 2.43. The monoisotopic (exact) mass is 572 g/mol. The van der Waals surface area contributed by atoms with Crippen molar-refractivity contribution in [2.45, 2.75) is 65.6 Å². The normalized spacial score (nSPS) is 13.1. The molecular formula is C28H32O7S2Si. The molecule has 0 N–H and O–H groups in total. The topological polar surface area (TPSA) is 108 Å². The van der Waals surface area contributed by atoms with E-state index in [4.69, 9.17) is 15.3 Å². The Bertz CT molecular complexity index is 1530. The van der Waals surface area contributed by atoms with Crippen LogP contribution in [0, 0.1) is 12.3 Å². The number of benzene rings is 2. The standard InChI is InChI=1S/C28H32O7S2Si/c1-7-19-28(36(30,31)22-14-10-8-11-15-22,37(32,33)23-16-12-9-13-17-23)21-25-26(24(29)18-20-34-25)35-38(5,6)27(2,3)4/h1,8-18,20H,19,21H2,2-6H3. The summed E-state index contributed by atoms with van der Waals surface area (Å²) < 4.78 is 66.5. The predicted molar refractivity (Wildman–Crippen MR) is 150 cm³/mol. The summed E-state index contributed by atoms with van der Waals surface area (Å²) in [6.07, 6.45) is 5.32. The van der Waals surface area contributed by atoms with Crippen molar-refractivity contribution in [3.63, 3.8) is 0 Å². The first kappa shape index (κ1) is 29.4. The van der Waals surface area contributed by atoms with Gasteiger partial charge in [-0.05, 0) is 42.4 Å². The summed E-state index contributed by atoms with van der Waals surface area (Å²) in [5, 5.41) is -0.311. The minimum atomic E-state index is -4.67. The van der Waals surface area contributed by atoms with Gasteiger partial charge in [-0.2, -0.15) is 0 Å². The molecule has 0 aliphatic carbocycles. The Morgan fingerprint density at radius 3 is 1.76 bits per heavy atom. The molecule has 1 aromatic heterocycles. The maximum atomic E-state index is 14.3. The van der Waals surface area contributed by atoms with Crippen molar-refractivity contribution < 1.29 is 25.7 Å². The zero-order chi connectivity index (χ0) is 28.4. The van der Waals surface area contributed by atoms with Crippen molar-refractivity contribution >= 4 is 28.0 Å². The maximum absolute atomic E-state index is 14.3. The lowest BCUT2D eigenvalue weighted by Gasteiger charge is -2.37. The molecule has 0 radical (unpaired) electrons. The van der Waals surface area contributed by atoms with Crippen molar-refractivity contribution in [1.82, 2.24) is 0 Å². The van der Waals surface area contributed by atoms with Crippen LogP contribution in [0.5, 0.6) is 5.75 Å². The van der Waals surface area contributed by atoms with Crippen molar-refractivity contribution in [1.29, 1.82) is 0 Å². The largest absolute Gasteiger partial charge is 0.539 e. The van der Waals surface area contributed by atoms with Crippen LogP contribution in [0.25, 0.3) is 0 Å². The SMILES string of the molecule is C#CCC(Cc1occc(=O)c1O[Si](C)(C)C(C)(C)C)(S(=O)(=O)c1ccccc1)S(=O)(=O)c1ccccc1. The van der Waals surface area contributed by atoms with Crippen LogP contribution >= 0.6 is 0 Å². The molecule has 0 saturated carbocycles. The Morgan fingerprint density at radius 2 is 1.34 bits per heavy atom. The summed E-state index contributed by atoms with van der Waals surface area (Å²) in [5.41, 5.74) is -0.542. The number of terminal acetylenes is 1. The second kappa shape index (κ2) is 10.6. The van der Waals surface area contributed by atoms with Gasteiger partial charge in [0.05, 0.1) is 16.1 Å². The van der Waals surface area contributed by atoms with Gasteiger partial charge >= 0.3 is 0 Å². The highest BCUT2D eigenvalue weighted by molar-refractivity contribution is 8.10. The molecule has 0 amide bonds. The molecule has 0 aliphatic heterocycles.